The van der Waals surface area contributed by atoms with E-state index in [9.17, 15) is 9.59 Å². The van der Waals surface area contributed by atoms with Gasteiger partial charge in [0.05, 0.1) is 0 Å². The van der Waals surface area contributed by atoms with E-state index in [0.717, 1.165) is 56.0 Å². The van der Waals surface area contributed by atoms with E-state index < -0.39 is 0 Å². The van der Waals surface area contributed by atoms with Crippen LogP contribution in [0.5, 0.6) is 0 Å². The molecule has 0 bridgehead atoms. The molecule has 6 nitrogen and oxygen atoms in total. The Kier molecular flexibility index (Phi) is 4.90. The summed E-state index contributed by atoms with van der Waals surface area (Å²) >= 11 is 0. The molecule has 0 saturated carbocycles. The summed E-state index contributed by atoms with van der Waals surface area (Å²) in [6.07, 6.45) is 4.45. The third-order valence-electron chi connectivity index (χ3n) is 5.42. The molecule has 27 heavy (non-hydrogen) atoms. The molecule has 1 aromatic carbocycles. The van der Waals surface area contributed by atoms with E-state index in [1.165, 1.54) is 5.56 Å². The van der Waals surface area contributed by atoms with Crippen molar-refractivity contribution in [3.63, 3.8) is 0 Å². The van der Waals surface area contributed by atoms with Crippen LogP contribution in [0.4, 0.5) is 5.69 Å². The molecule has 1 saturated heterocycles. The monoisotopic (exact) mass is 364 g/mol. The maximum Gasteiger partial charge on any atom is 0.253 e. The van der Waals surface area contributed by atoms with Crippen molar-refractivity contribution in [3.8, 4) is 0 Å². The predicted molar refractivity (Wildman–Crippen MR) is 104 cm³/mol. The number of hydrogen-bond acceptors (Lipinski definition) is 4. The first kappa shape index (κ1) is 17.7. The number of piperazine rings is 1. The lowest BCUT2D eigenvalue weighted by Crippen LogP contribution is -2.48. The van der Waals surface area contributed by atoms with Crippen LogP contribution >= 0.6 is 0 Å². The molecule has 0 atom stereocenters. The molecule has 2 amide bonds. The van der Waals surface area contributed by atoms with Crippen LogP contribution in [0.25, 0.3) is 0 Å². The summed E-state index contributed by atoms with van der Waals surface area (Å²) in [4.78, 5) is 34.7. The molecule has 140 valence electrons. The number of nitrogens with zero attached hydrogens (tertiary/aromatic N) is 4. The normalized spacial score (nSPS) is 17.1. The Hall–Kier alpha value is -2.73. The molecule has 0 aliphatic carbocycles. The van der Waals surface area contributed by atoms with Gasteiger partial charge in [0, 0.05) is 69.8 Å². The summed E-state index contributed by atoms with van der Waals surface area (Å²) in [5.74, 6) is 0.140. The quantitative estimate of drug-likeness (QED) is 0.835. The second-order valence-corrected chi connectivity index (χ2v) is 7.19. The number of fused-ring (bicyclic) bond motifs is 1. The van der Waals surface area contributed by atoms with Crippen LogP contribution in [-0.2, 0) is 17.8 Å². The highest BCUT2D eigenvalue weighted by molar-refractivity contribution is 5.98. The molecule has 0 radical (unpaired) electrons. The summed E-state index contributed by atoms with van der Waals surface area (Å²) in [7, 11) is 0. The molecule has 4 rings (SSSR count). The molecular formula is C21H24N4O2. The highest BCUT2D eigenvalue weighted by Gasteiger charge is 2.26. The number of carbonyl (C=O) groups is 2. The Bertz CT molecular complexity index is 845. The van der Waals surface area contributed by atoms with Crippen molar-refractivity contribution in [2.75, 3.05) is 37.6 Å². The van der Waals surface area contributed by atoms with Gasteiger partial charge in [-0.25, -0.2) is 0 Å². The predicted octanol–water partition coefficient (Wildman–Crippen LogP) is 1.95. The van der Waals surface area contributed by atoms with Gasteiger partial charge in [-0.15, -0.1) is 0 Å². The van der Waals surface area contributed by atoms with Crippen molar-refractivity contribution in [2.45, 2.75) is 19.9 Å². The average molecular weight is 364 g/mol. The Labute approximate surface area is 159 Å². The van der Waals surface area contributed by atoms with Crippen LogP contribution < -0.4 is 4.90 Å². The lowest BCUT2D eigenvalue weighted by atomic mass is 10.1. The first-order chi connectivity index (χ1) is 13.1. The van der Waals surface area contributed by atoms with E-state index >= 15 is 0 Å². The second kappa shape index (κ2) is 7.48. The first-order valence-corrected chi connectivity index (χ1v) is 9.43. The number of pyridine rings is 1. The summed E-state index contributed by atoms with van der Waals surface area (Å²) in [6.45, 7) is 6.40. The molecule has 0 spiro atoms. The minimum absolute atomic E-state index is 0.0538. The van der Waals surface area contributed by atoms with Crippen LogP contribution in [0.1, 0.15) is 28.4 Å². The number of aromatic nitrogens is 1. The minimum atomic E-state index is 0.0538. The zero-order valence-electron chi connectivity index (χ0n) is 15.6. The van der Waals surface area contributed by atoms with Crippen LogP contribution in [0.2, 0.25) is 0 Å². The molecular weight excluding hydrogens is 340 g/mol. The molecule has 2 aliphatic heterocycles. The molecule has 6 heteroatoms. The van der Waals surface area contributed by atoms with Crippen molar-refractivity contribution in [2.24, 2.45) is 0 Å². The molecule has 2 aromatic rings. The van der Waals surface area contributed by atoms with E-state index in [1.54, 1.807) is 11.8 Å². The standard InChI is InChI=1S/C21H24N4O2/c1-16(26)25-9-6-18-14-19(2-3-20(18)25)21(27)24-12-10-23(11-13-24)15-17-4-7-22-8-5-17/h2-5,7-8,14H,6,9-13,15H2,1H3. The molecule has 1 aromatic heterocycles. The fourth-order valence-electron chi connectivity index (χ4n) is 3.90. The van der Waals surface area contributed by atoms with Gasteiger partial charge in [-0.05, 0) is 47.9 Å². The maximum absolute atomic E-state index is 12.9. The lowest BCUT2D eigenvalue weighted by Gasteiger charge is -2.34. The molecule has 2 aliphatic rings. The highest BCUT2D eigenvalue weighted by Crippen LogP contribution is 2.29. The Morgan fingerprint density at radius 1 is 1.00 bits per heavy atom. The smallest absolute Gasteiger partial charge is 0.253 e. The van der Waals surface area contributed by atoms with E-state index in [-0.39, 0.29) is 11.8 Å². The molecule has 3 heterocycles. The zero-order chi connectivity index (χ0) is 18.8. The third kappa shape index (κ3) is 3.71. The number of anilines is 1. The Morgan fingerprint density at radius 2 is 1.74 bits per heavy atom. The Balaban J connectivity index is 1.38. The van der Waals surface area contributed by atoms with Gasteiger partial charge in [0.1, 0.15) is 0 Å². The topological polar surface area (TPSA) is 56.8 Å². The van der Waals surface area contributed by atoms with Gasteiger partial charge in [0.2, 0.25) is 5.91 Å². The van der Waals surface area contributed by atoms with Gasteiger partial charge in [0.15, 0.2) is 0 Å². The van der Waals surface area contributed by atoms with Crippen LogP contribution in [0.15, 0.2) is 42.7 Å². The number of hydrogen-bond donors (Lipinski definition) is 0. The van der Waals surface area contributed by atoms with E-state index in [1.807, 2.05) is 47.6 Å². The van der Waals surface area contributed by atoms with Gasteiger partial charge in [-0.1, -0.05) is 0 Å². The van der Waals surface area contributed by atoms with E-state index in [4.69, 9.17) is 0 Å². The van der Waals surface area contributed by atoms with Crippen molar-refractivity contribution in [1.82, 2.24) is 14.8 Å². The van der Waals surface area contributed by atoms with E-state index in [2.05, 4.69) is 9.88 Å². The first-order valence-electron chi connectivity index (χ1n) is 9.43. The van der Waals surface area contributed by atoms with Crippen molar-refractivity contribution < 1.29 is 9.59 Å². The third-order valence-corrected chi connectivity index (χ3v) is 5.42. The van der Waals surface area contributed by atoms with Gasteiger partial charge >= 0.3 is 0 Å². The molecule has 0 N–H and O–H groups in total. The van der Waals surface area contributed by atoms with Gasteiger partial charge in [0.25, 0.3) is 5.91 Å². The SMILES string of the molecule is CC(=O)N1CCc2cc(C(=O)N3CCN(Cc4ccncc4)CC3)ccc21. The van der Waals surface area contributed by atoms with Crippen LogP contribution in [0.3, 0.4) is 0 Å². The van der Waals surface area contributed by atoms with Crippen molar-refractivity contribution >= 4 is 17.5 Å². The fraction of sp³-hybridized carbons (Fsp3) is 0.381. The molecule has 1 fully saturated rings. The summed E-state index contributed by atoms with van der Waals surface area (Å²) in [6, 6.07) is 9.80. The Morgan fingerprint density at radius 3 is 2.44 bits per heavy atom. The maximum atomic E-state index is 12.9. The largest absolute Gasteiger partial charge is 0.336 e. The van der Waals surface area contributed by atoms with Crippen molar-refractivity contribution in [1.29, 1.82) is 0 Å². The number of carbonyl (C=O) groups excluding carboxylic acids is 2. The van der Waals surface area contributed by atoms with Gasteiger partial charge in [-0.2, -0.15) is 0 Å². The van der Waals surface area contributed by atoms with Crippen LogP contribution in [0, 0.1) is 0 Å². The second-order valence-electron chi connectivity index (χ2n) is 7.19. The number of amides is 2. The average Bonchev–Trinajstić information content (AvgIpc) is 3.12. The zero-order valence-corrected chi connectivity index (χ0v) is 15.6. The van der Waals surface area contributed by atoms with Crippen LogP contribution in [-0.4, -0.2) is 59.3 Å². The fourth-order valence-corrected chi connectivity index (χ4v) is 3.90. The van der Waals surface area contributed by atoms with Gasteiger partial charge in [-0.3, -0.25) is 19.5 Å². The summed E-state index contributed by atoms with van der Waals surface area (Å²) in [5, 5.41) is 0. The minimum Gasteiger partial charge on any atom is -0.336 e. The van der Waals surface area contributed by atoms with Gasteiger partial charge < -0.3 is 9.80 Å². The lowest BCUT2D eigenvalue weighted by molar-refractivity contribution is -0.116. The molecule has 0 unspecified atom stereocenters. The van der Waals surface area contributed by atoms with Crippen molar-refractivity contribution in [3.05, 3.63) is 59.4 Å². The summed E-state index contributed by atoms with van der Waals surface area (Å²) < 4.78 is 0. The van der Waals surface area contributed by atoms with E-state index in [0.29, 0.717) is 6.54 Å². The number of benzene rings is 1. The number of rotatable bonds is 3. The highest BCUT2D eigenvalue weighted by atomic mass is 16.2. The summed E-state index contributed by atoms with van der Waals surface area (Å²) in [5.41, 5.74) is 4.01.